The zero-order chi connectivity index (χ0) is 12.4. The quantitative estimate of drug-likeness (QED) is 0.772. The maximum Gasteiger partial charge on any atom is 0.0179 e. The van der Waals surface area contributed by atoms with E-state index in [0.717, 1.165) is 19.0 Å². The molecule has 0 saturated heterocycles. The lowest BCUT2D eigenvalue weighted by molar-refractivity contribution is 0.107. The van der Waals surface area contributed by atoms with Gasteiger partial charge in [0.2, 0.25) is 0 Å². The smallest absolute Gasteiger partial charge is 0.0179 e. The third-order valence-electron chi connectivity index (χ3n) is 5.59. The van der Waals surface area contributed by atoms with E-state index >= 15 is 0 Å². The van der Waals surface area contributed by atoms with Crippen LogP contribution in [0.1, 0.15) is 65.2 Å². The Balaban J connectivity index is 1.86. The maximum atomic E-state index is 6.07. The van der Waals surface area contributed by atoms with Crippen LogP contribution < -0.4 is 11.1 Å². The molecule has 0 heterocycles. The molecule has 0 bridgehead atoms. The highest BCUT2D eigenvalue weighted by molar-refractivity contribution is 4.97. The molecule has 0 aliphatic heterocycles. The molecule has 0 aromatic carbocycles. The van der Waals surface area contributed by atoms with Crippen molar-refractivity contribution in [3.05, 3.63) is 0 Å². The van der Waals surface area contributed by atoms with Crippen LogP contribution in [0.4, 0.5) is 0 Å². The van der Waals surface area contributed by atoms with E-state index in [1.165, 1.54) is 51.4 Å². The molecule has 2 nitrogen and oxygen atoms in total. The third kappa shape index (κ3) is 2.85. The summed E-state index contributed by atoms with van der Waals surface area (Å²) in [6.45, 7) is 6.73. The molecular formula is C15H30N2. The molecule has 2 rings (SSSR count). The van der Waals surface area contributed by atoms with E-state index in [1.807, 2.05) is 0 Å². The van der Waals surface area contributed by atoms with Crippen molar-refractivity contribution in [1.82, 2.24) is 5.32 Å². The summed E-state index contributed by atoms with van der Waals surface area (Å²) in [5.41, 5.74) is 6.96. The van der Waals surface area contributed by atoms with Gasteiger partial charge >= 0.3 is 0 Å². The Morgan fingerprint density at radius 3 is 2.24 bits per heavy atom. The predicted molar refractivity (Wildman–Crippen MR) is 74.0 cm³/mol. The second-order valence-electron chi connectivity index (χ2n) is 6.73. The molecule has 2 fully saturated rings. The maximum absolute atomic E-state index is 6.07. The minimum atomic E-state index is 0.407. The Morgan fingerprint density at radius 1 is 1.18 bits per heavy atom. The number of hydrogen-bond acceptors (Lipinski definition) is 2. The van der Waals surface area contributed by atoms with Crippen LogP contribution in [0.25, 0.3) is 0 Å². The Hall–Kier alpha value is -0.0800. The van der Waals surface area contributed by atoms with Crippen LogP contribution in [-0.2, 0) is 0 Å². The summed E-state index contributed by atoms with van der Waals surface area (Å²) in [7, 11) is 0. The van der Waals surface area contributed by atoms with Gasteiger partial charge in [0.1, 0.15) is 0 Å². The van der Waals surface area contributed by atoms with E-state index in [-0.39, 0.29) is 0 Å². The van der Waals surface area contributed by atoms with Crippen molar-refractivity contribution in [3.8, 4) is 0 Å². The largest absolute Gasteiger partial charge is 0.330 e. The van der Waals surface area contributed by atoms with E-state index in [9.17, 15) is 0 Å². The van der Waals surface area contributed by atoms with Gasteiger partial charge < -0.3 is 11.1 Å². The van der Waals surface area contributed by atoms with Crippen LogP contribution in [0.5, 0.6) is 0 Å². The summed E-state index contributed by atoms with van der Waals surface area (Å²) < 4.78 is 0. The molecule has 2 aliphatic rings. The second kappa shape index (κ2) is 5.27. The summed E-state index contributed by atoms with van der Waals surface area (Å²) in [4.78, 5) is 0. The summed E-state index contributed by atoms with van der Waals surface area (Å²) in [6, 6.07) is 0. The monoisotopic (exact) mass is 238 g/mol. The Kier molecular flexibility index (Phi) is 4.14. The highest BCUT2D eigenvalue weighted by Crippen LogP contribution is 2.40. The van der Waals surface area contributed by atoms with Crippen molar-refractivity contribution in [2.75, 3.05) is 13.1 Å². The Labute approximate surface area is 107 Å². The molecule has 17 heavy (non-hydrogen) atoms. The van der Waals surface area contributed by atoms with Crippen LogP contribution in [0.2, 0.25) is 0 Å². The molecule has 0 spiro atoms. The van der Waals surface area contributed by atoms with Gasteiger partial charge in [-0.2, -0.15) is 0 Å². The lowest BCUT2D eigenvalue weighted by atomic mass is 9.69. The van der Waals surface area contributed by atoms with E-state index in [1.54, 1.807) is 0 Å². The van der Waals surface area contributed by atoms with Gasteiger partial charge in [0.05, 0.1) is 0 Å². The van der Waals surface area contributed by atoms with Gasteiger partial charge in [-0.3, -0.25) is 0 Å². The van der Waals surface area contributed by atoms with Crippen molar-refractivity contribution in [2.45, 2.75) is 70.8 Å². The fourth-order valence-electron chi connectivity index (χ4n) is 3.46. The molecule has 0 unspecified atom stereocenters. The first-order chi connectivity index (χ1) is 8.14. The van der Waals surface area contributed by atoms with Crippen LogP contribution in [0, 0.1) is 11.3 Å². The first-order valence-electron chi connectivity index (χ1n) is 7.59. The zero-order valence-corrected chi connectivity index (χ0v) is 11.7. The van der Waals surface area contributed by atoms with Gasteiger partial charge in [0, 0.05) is 12.1 Å². The van der Waals surface area contributed by atoms with Crippen molar-refractivity contribution in [3.63, 3.8) is 0 Å². The summed E-state index contributed by atoms with van der Waals surface area (Å²) >= 11 is 0. The van der Waals surface area contributed by atoms with Crippen LogP contribution in [0.3, 0.4) is 0 Å². The normalized spacial score (nSPS) is 36.5. The molecule has 0 amide bonds. The van der Waals surface area contributed by atoms with Crippen LogP contribution in [-0.4, -0.2) is 18.6 Å². The molecular weight excluding hydrogens is 208 g/mol. The van der Waals surface area contributed by atoms with Crippen molar-refractivity contribution in [1.29, 1.82) is 0 Å². The van der Waals surface area contributed by atoms with Crippen molar-refractivity contribution >= 4 is 0 Å². The average Bonchev–Trinajstić information content (AvgIpc) is 2.31. The molecule has 2 heteroatoms. The molecule has 100 valence electrons. The molecule has 0 atom stereocenters. The van der Waals surface area contributed by atoms with Gasteiger partial charge in [0.25, 0.3) is 0 Å². The topological polar surface area (TPSA) is 38.0 Å². The van der Waals surface area contributed by atoms with Crippen LogP contribution >= 0.6 is 0 Å². The van der Waals surface area contributed by atoms with Crippen molar-refractivity contribution in [2.24, 2.45) is 17.1 Å². The fraction of sp³-hybridized carbons (Fsp3) is 1.00. The van der Waals surface area contributed by atoms with Gasteiger partial charge in [-0.1, -0.05) is 26.7 Å². The minimum Gasteiger partial charge on any atom is -0.330 e. The third-order valence-corrected chi connectivity index (χ3v) is 5.59. The first-order valence-corrected chi connectivity index (χ1v) is 7.59. The fourth-order valence-corrected chi connectivity index (χ4v) is 3.46. The molecule has 0 aromatic rings. The standard InChI is InChI=1S/C15H30N2/c1-3-15(7-4-8-15)17-12-14(11-16)9-5-13(2)6-10-14/h13,17H,3-12,16H2,1-2H3. The first kappa shape index (κ1) is 13.4. The summed E-state index contributed by atoms with van der Waals surface area (Å²) in [5, 5.41) is 3.88. The second-order valence-corrected chi connectivity index (χ2v) is 6.73. The summed E-state index contributed by atoms with van der Waals surface area (Å²) in [6.07, 6.45) is 10.9. The minimum absolute atomic E-state index is 0.407. The average molecular weight is 238 g/mol. The molecule has 2 saturated carbocycles. The predicted octanol–water partition coefficient (Wildman–Crippen LogP) is 3.06. The number of rotatable bonds is 5. The molecule has 2 aliphatic carbocycles. The SMILES string of the molecule is CCC1(NCC2(CN)CCC(C)CC2)CCC1. The Bertz CT molecular complexity index is 232. The van der Waals surface area contributed by atoms with Gasteiger partial charge in [-0.25, -0.2) is 0 Å². The van der Waals surface area contributed by atoms with E-state index < -0.39 is 0 Å². The highest BCUT2D eigenvalue weighted by Gasteiger charge is 2.39. The number of nitrogens with two attached hydrogens (primary N) is 1. The lowest BCUT2D eigenvalue weighted by Crippen LogP contribution is -2.55. The van der Waals surface area contributed by atoms with E-state index in [4.69, 9.17) is 5.73 Å². The Morgan fingerprint density at radius 2 is 1.82 bits per heavy atom. The molecule has 0 radical (unpaired) electrons. The lowest BCUT2D eigenvalue weighted by Gasteiger charge is -2.47. The van der Waals surface area contributed by atoms with Crippen molar-refractivity contribution < 1.29 is 0 Å². The molecule has 3 N–H and O–H groups in total. The van der Waals surface area contributed by atoms with Gasteiger partial charge in [-0.05, 0) is 56.4 Å². The van der Waals surface area contributed by atoms with Crippen LogP contribution in [0.15, 0.2) is 0 Å². The van der Waals surface area contributed by atoms with E-state index in [0.29, 0.717) is 11.0 Å². The van der Waals surface area contributed by atoms with E-state index in [2.05, 4.69) is 19.2 Å². The number of nitrogens with one attached hydrogen (secondary N) is 1. The molecule has 0 aromatic heterocycles. The van der Waals surface area contributed by atoms with Gasteiger partial charge in [-0.15, -0.1) is 0 Å². The van der Waals surface area contributed by atoms with Gasteiger partial charge in [0.15, 0.2) is 0 Å². The summed E-state index contributed by atoms with van der Waals surface area (Å²) in [5.74, 6) is 0.915. The number of hydrogen-bond donors (Lipinski definition) is 2. The highest BCUT2D eigenvalue weighted by atomic mass is 15.0. The zero-order valence-electron chi connectivity index (χ0n) is 11.7.